The predicted molar refractivity (Wildman–Crippen MR) is 53.5 cm³/mol. The van der Waals surface area contributed by atoms with Gasteiger partial charge in [-0.15, -0.1) is 0 Å². The van der Waals surface area contributed by atoms with E-state index in [0.717, 1.165) is 45.3 Å². The standard InChI is InChI=1S/C10H20N2O/c1-2-3-6-12-10(13)9-4-7-11-8-5-9/h9,11H,2-8H2,1H3,(H,12,13). The predicted octanol–water partition coefficient (Wildman–Crippen LogP) is 0.902. The lowest BCUT2D eigenvalue weighted by molar-refractivity contribution is -0.125. The van der Waals surface area contributed by atoms with E-state index in [1.165, 1.54) is 0 Å². The largest absolute Gasteiger partial charge is 0.356 e. The molecule has 0 atom stereocenters. The molecule has 1 rings (SSSR count). The Bertz CT molecular complexity index is 153. The maximum atomic E-state index is 11.5. The second kappa shape index (κ2) is 5.97. The molecule has 0 aromatic carbocycles. The van der Waals surface area contributed by atoms with Crippen molar-refractivity contribution in [2.75, 3.05) is 19.6 Å². The monoisotopic (exact) mass is 184 g/mol. The van der Waals surface area contributed by atoms with Crippen molar-refractivity contribution in [1.82, 2.24) is 10.6 Å². The van der Waals surface area contributed by atoms with E-state index in [0.29, 0.717) is 0 Å². The molecule has 0 unspecified atom stereocenters. The van der Waals surface area contributed by atoms with E-state index in [2.05, 4.69) is 17.6 Å². The van der Waals surface area contributed by atoms with Crippen molar-refractivity contribution in [3.63, 3.8) is 0 Å². The maximum Gasteiger partial charge on any atom is 0.223 e. The average molecular weight is 184 g/mol. The molecule has 3 nitrogen and oxygen atoms in total. The van der Waals surface area contributed by atoms with Crippen LogP contribution in [0.15, 0.2) is 0 Å². The molecule has 0 aromatic rings. The smallest absolute Gasteiger partial charge is 0.223 e. The Balaban J connectivity index is 2.13. The van der Waals surface area contributed by atoms with Crippen LogP contribution in [-0.4, -0.2) is 25.5 Å². The molecule has 3 heteroatoms. The van der Waals surface area contributed by atoms with Crippen LogP contribution in [0.25, 0.3) is 0 Å². The molecule has 0 bridgehead atoms. The van der Waals surface area contributed by atoms with E-state index >= 15 is 0 Å². The van der Waals surface area contributed by atoms with E-state index in [9.17, 15) is 4.79 Å². The average Bonchev–Trinajstić information content (AvgIpc) is 2.19. The van der Waals surface area contributed by atoms with Gasteiger partial charge in [-0.25, -0.2) is 0 Å². The summed E-state index contributed by atoms with van der Waals surface area (Å²) in [4.78, 5) is 11.5. The minimum absolute atomic E-state index is 0.259. The molecule has 1 aliphatic rings. The number of piperidine rings is 1. The Morgan fingerprint density at radius 3 is 2.77 bits per heavy atom. The Labute approximate surface area is 80.3 Å². The third kappa shape index (κ3) is 3.77. The first-order chi connectivity index (χ1) is 6.34. The maximum absolute atomic E-state index is 11.5. The lowest BCUT2D eigenvalue weighted by Crippen LogP contribution is -2.38. The molecule has 76 valence electrons. The van der Waals surface area contributed by atoms with Gasteiger partial charge in [-0.1, -0.05) is 13.3 Å². The summed E-state index contributed by atoms with van der Waals surface area (Å²) in [6, 6.07) is 0. The lowest BCUT2D eigenvalue weighted by atomic mass is 9.97. The van der Waals surface area contributed by atoms with Crippen LogP contribution in [0.5, 0.6) is 0 Å². The number of amides is 1. The van der Waals surface area contributed by atoms with Gasteiger partial charge < -0.3 is 10.6 Å². The third-order valence-corrected chi connectivity index (χ3v) is 2.54. The van der Waals surface area contributed by atoms with Gasteiger partial charge in [0.1, 0.15) is 0 Å². The highest BCUT2D eigenvalue weighted by atomic mass is 16.1. The molecular formula is C10H20N2O. The van der Waals surface area contributed by atoms with Gasteiger partial charge in [0.05, 0.1) is 0 Å². The zero-order valence-electron chi connectivity index (χ0n) is 8.44. The molecule has 1 heterocycles. The Morgan fingerprint density at radius 2 is 2.15 bits per heavy atom. The van der Waals surface area contributed by atoms with E-state index in [1.54, 1.807) is 0 Å². The van der Waals surface area contributed by atoms with Crippen molar-refractivity contribution in [1.29, 1.82) is 0 Å². The summed E-state index contributed by atoms with van der Waals surface area (Å²) in [6.07, 6.45) is 4.24. The second-order valence-corrected chi connectivity index (χ2v) is 3.67. The van der Waals surface area contributed by atoms with Crippen molar-refractivity contribution >= 4 is 5.91 Å². The Morgan fingerprint density at radius 1 is 1.46 bits per heavy atom. The highest BCUT2D eigenvalue weighted by molar-refractivity contribution is 5.78. The number of hydrogen-bond acceptors (Lipinski definition) is 2. The van der Waals surface area contributed by atoms with Crippen molar-refractivity contribution in [2.45, 2.75) is 32.6 Å². The minimum Gasteiger partial charge on any atom is -0.356 e. The van der Waals surface area contributed by atoms with Crippen LogP contribution >= 0.6 is 0 Å². The number of rotatable bonds is 4. The third-order valence-electron chi connectivity index (χ3n) is 2.54. The van der Waals surface area contributed by atoms with Crippen LogP contribution in [0, 0.1) is 5.92 Å². The first kappa shape index (κ1) is 10.5. The molecule has 0 saturated carbocycles. The molecular weight excluding hydrogens is 164 g/mol. The Hall–Kier alpha value is -0.570. The molecule has 1 amide bonds. The van der Waals surface area contributed by atoms with E-state index in [-0.39, 0.29) is 11.8 Å². The van der Waals surface area contributed by atoms with Crippen LogP contribution in [-0.2, 0) is 4.79 Å². The molecule has 13 heavy (non-hydrogen) atoms. The number of hydrogen-bond donors (Lipinski definition) is 2. The summed E-state index contributed by atoms with van der Waals surface area (Å²) in [5.74, 6) is 0.521. The van der Waals surface area contributed by atoms with Gasteiger partial charge in [0.25, 0.3) is 0 Å². The van der Waals surface area contributed by atoms with Crippen molar-refractivity contribution in [3.8, 4) is 0 Å². The number of unbranched alkanes of at least 4 members (excludes halogenated alkanes) is 1. The fourth-order valence-electron chi connectivity index (χ4n) is 1.62. The van der Waals surface area contributed by atoms with Gasteiger partial charge in [0, 0.05) is 12.5 Å². The molecule has 0 aromatic heterocycles. The van der Waals surface area contributed by atoms with E-state index < -0.39 is 0 Å². The molecule has 0 spiro atoms. The molecule has 0 radical (unpaired) electrons. The number of nitrogens with one attached hydrogen (secondary N) is 2. The minimum atomic E-state index is 0.259. The normalized spacial score (nSPS) is 18.5. The molecule has 1 saturated heterocycles. The summed E-state index contributed by atoms with van der Waals surface area (Å²) in [7, 11) is 0. The fraction of sp³-hybridized carbons (Fsp3) is 0.900. The van der Waals surface area contributed by atoms with Gasteiger partial charge in [-0.2, -0.15) is 0 Å². The lowest BCUT2D eigenvalue weighted by Gasteiger charge is -2.21. The van der Waals surface area contributed by atoms with Crippen LogP contribution in [0.4, 0.5) is 0 Å². The zero-order chi connectivity index (χ0) is 9.52. The van der Waals surface area contributed by atoms with Gasteiger partial charge in [0.15, 0.2) is 0 Å². The summed E-state index contributed by atoms with van der Waals surface area (Å²) < 4.78 is 0. The van der Waals surface area contributed by atoms with Crippen molar-refractivity contribution in [2.24, 2.45) is 5.92 Å². The highest BCUT2D eigenvalue weighted by Crippen LogP contribution is 2.11. The van der Waals surface area contributed by atoms with Crippen LogP contribution < -0.4 is 10.6 Å². The fourth-order valence-corrected chi connectivity index (χ4v) is 1.62. The molecule has 0 aliphatic carbocycles. The topological polar surface area (TPSA) is 41.1 Å². The van der Waals surface area contributed by atoms with Gasteiger partial charge >= 0.3 is 0 Å². The van der Waals surface area contributed by atoms with E-state index in [1.807, 2.05) is 0 Å². The first-order valence-electron chi connectivity index (χ1n) is 5.33. The van der Waals surface area contributed by atoms with Gasteiger partial charge in [-0.05, 0) is 32.4 Å². The summed E-state index contributed by atoms with van der Waals surface area (Å²) >= 11 is 0. The zero-order valence-corrected chi connectivity index (χ0v) is 8.44. The summed E-state index contributed by atoms with van der Waals surface area (Å²) in [5, 5.41) is 6.24. The first-order valence-corrected chi connectivity index (χ1v) is 5.33. The van der Waals surface area contributed by atoms with Crippen molar-refractivity contribution in [3.05, 3.63) is 0 Å². The number of carbonyl (C=O) groups is 1. The molecule has 2 N–H and O–H groups in total. The van der Waals surface area contributed by atoms with Crippen LogP contribution in [0.3, 0.4) is 0 Å². The van der Waals surface area contributed by atoms with E-state index in [4.69, 9.17) is 0 Å². The SMILES string of the molecule is CCCCNC(=O)C1CCNCC1. The quantitative estimate of drug-likeness (QED) is 0.637. The second-order valence-electron chi connectivity index (χ2n) is 3.67. The Kier molecular flexibility index (Phi) is 4.83. The van der Waals surface area contributed by atoms with Gasteiger partial charge in [0.2, 0.25) is 5.91 Å². The van der Waals surface area contributed by atoms with Gasteiger partial charge in [-0.3, -0.25) is 4.79 Å². The summed E-state index contributed by atoms with van der Waals surface area (Å²) in [6.45, 7) is 4.97. The molecule has 1 fully saturated rings. The van der Waals surface area contributed by atoms with Crippen LogP contribution in [0.2, 0.25) is 0 Å². The molecule has 1 aliphatic heterocycles. The number of carbonyl (C=O) groups excluding carboxylic acids is 1. The summed E-state index contributed by atoms with van der Waals surface area (Å²) in [5.41, 5.74) is 0. The highest BCUT2D eigenvalue weighted by Gasteiger charge is 2.19. The van der Waals surface area contributed by atoms with Crippen molar-refractivity contribution < 1.29 is 4.79 Å². The van der Waals surface area contributed by atoms with Crippen LogP contribution in [0.1, 0.15) is 32.6 Å².